The van der Waals surface area contributed by atoms with Crippen LogP contribution >= 0.6 is 0 Å². The summed E-state index contributed by atoms with van der Waals surface area (Å²) in [5.41, 5.74) is 3.31. The van der Waals surface area contributed by atoms with Gasteiger partial charge in [0, 0.05) is 12.7 Å². The van der Waals surface area contributed by atoms with Gasteiger partial charge >= 0.3 is 5.69 Å². The van der Waals surface area contributed by atoms with E-state index < -0.39 is 36.3 Å². The number of aliphatic hydroxyl groups excluding tert-OH is 3. The summed E-state index contributed by atoms with van der Waals surface area (Å²) in [5.74, 6) is 0.0466. The van der Waals surface area contributed by atoms with Crippen LogP contribution in [0.25, 0.3) is 0 Å². The Morgan fingerprint density at radius 1 is 1.57 bits per heavy atom. The third kappa shape index (κ3) is 2.78. The number of nitrogens with zero attached hydrogens (tertiary/aromatic N) is 2. The number of nitrogens with two attached hydrogens (primary N) is 1. The fourth-order valence-corrected chi connectivity index (χ4v) is 2.36. The van der Waals surface area contributed by atoms with Crippen molar-refractivity contribution in [2.24, 2.45) is 0 Å². The lowest BCUT2D eigenvalue weighted by atomic mass is 9.96. The predicted molar refractivity (Wildman–Crippen MR) is 73.4 cm³/mol. The average Bonchev–Trinajstić information content (AvgIpc) is 2.71. The van der Waals surface area contributed by atoms with Crippen LogP contribution in [0.1, 0.15) is 13.2 Å². The minimum Gasteiger partial charge on any atom is -0.393 e. The SMILES string of the molecule is CCNCC1(CO)OC(n2ccc(N)nc2=O)C(O)C1O. The Bertz CT molecular complexity index is 551. The van der Waals surface area contributed by atoms with Crippen molar-refractivity contribution >= 4 is 5.82 Å². The fraction of sp³-hybridized carbons (Fsp3) is 0.667. The summed E-state index contributed by atoms with van der Waals surface area (Å²) in [5, 5.41) is 32.8. The van der Waals surface area contributed by atoms with Gasteiger partial charge in [0.05, 0.1) is 6.61 Å². The maximum atomic E-state index is 11.8. The van der Waals surface area contributed by atoms with Crippen molar-refractivity contribution in [3.8, 4) is 0 Å². The molecule has 1 aromatic heterocycles. The molecular weight excluding hydrogens is 280 g/mol. The minimum atomic E-state index is -1.39. The molecule has 0 saturated carbocycles. The molecule has 0 spiro atoms. The predicted octanol–water partition coefficient (Wildman–Crippen LogP) is -2.58. The van der Waals surface area contributed by atoms with Gasteiger partial charge in [0.1, 0.15) is 23.6 Å². The van der Waals surface area contributed by atoms with Crippen LogP contribution in [0.3, 0.4) is 0 Å². The Morgan fingerprint density at radius 3 is 2.86 bits per heavy atom. The summed E-state index contributed by atoms with van der Waals surface area (Å²) in [6.45, 7) is 2.08. The first-order chi connectivity index (χ1) is 9.95. The van der Waals surface area contributed by atoms with E-state index in [2.05, 4.69) is 10.3 Å². The monoisotopic (exact) mass is 300 g/mol. The molecule has 0 aliphatic carbocycles. The molecule has 118 valence electrons. The number of likely N-dealkylation sites (N-methyl/N-ethyl adjacent to an activating group) is 1. The third-order valence-corrected chi connectivity index (χ3v) is 3.58. The van der Waals surface area contributed by atoms with Crippen LogP contribution in [0.5, 0.6) is 0 Å². The molecule has 1 aromatic rings. The first-order valence-electron chi connectivity index (χ1n) is 6.65. The summed E-state index contributed by atoms with van der Waals surface area (Å²) in [7, 11) is 0. The highest BCUT2D eigenvalue weighted by Crippen LogP contribution is 2.36. The van der Waals surface area contributed by atoms with Crippen molar-refractivity contribution in [2.45, 2.75) is 31.0 Å². The Labute approximate surface area is 121 Å². The molecule has 0 radical (unpaired) electrons. The van der Waals surface area contributed by atoms with E-state index >= 15 is 0 Å². The molecule has 9 heteroatoms. The fourth-order valence-electron chi connectivity index (χ4n) is 2.36. The molecule has 0 amide bonds. The van der Waals surface area contributed by atoms with Gasteiger partial charge in [0.25, 0.3) is 0 Å². The zero-order valence-corrected chi connectivity index (χ0v) is 11.6. The maximum absolute atomic E-state index is 11.8. The number of nitrogens with one attached hydrogen (secondary N) is 1. The summed E-state index contributed by atoms with van der Waals surface area (Å²) in [6.07, 6.45) is -2.55. The second-order valence-electron chi connectivity index (χ2n) is 4.99. The zero-order chi connectivity index (χ0) is 15.6. The van der Waals surface area contributed by atoms with E-state index in [9.17, 15) is 20.1 Å². The van der Waals surface area contributed by atoms with Crippen molar-refractivity contribution in [1.82, 2.24) is 14.9 Å². The van der Waals surface area contributed by atoms with Crippen LogP contribution in [0, 0.1) is 0 Å². The smallest absolute Gasteiger partial charge is 0.351 e. The van der Waals surface area contributed by atoms with E-state index in [1.165, 1.54) is 12.3 Å². The number of aromatic nitrogens is 2. The van der Waals surface area contributed by atoms with Crippen LogP contribution in [-0.4, -0.2) is 62.4 Å². The molecule has 21 heavy (non-hydrogen) atoms. The van der Waals surface area contributed by atoms with E-state index in [1.807, 2.05) is 6.92 Å². The average molecular weight is 300 g/mol. The van der Waals surface area contributed by atoms with Gasteiger partial charge in [-0.2, -0.15) is 4.98 Å². The number of hydrogen-bond donors (Lipinski definition) is 5. The van der Waals surface area contributed by atoms with Gasteiger partial charge in [0.2, 0.25) is 0 Å². The molecule has 0 bridgehead atoms. The number of ether oxygens (including phenoxy) is 1. The summed E-state index contributed by atoms with van der Waals surface area (Å²) >= 11 is 0. The van der Waals surface area contributed by atoms with Crippen molar-refractivity contribution in [3.05, 3.63) is 22.7 Å². The van der Waals surface area contributed by atoms with Gasteiger partial charge in [-0.25, -0.2) is 4.79 Å². The van der Waals surface area contributed by atoms with Crippen LogP contribution in [-0.2, 0) is 4.74 Å². The highest BCUT2D eigenvalue weighted by Gasteiger charge is 2.54. The van der Waals surface area contributed by atoms with Crippen molar-refractivity contribution in [3.63, 3.8) is 0 Å². The van der Waals surface area contributed by atoms with Crippen LogP contribution in [0.15, 0.2) is 17.1 Å². The summed E-state index contributed by atoms with van der Waals surface area (Å²) < 4.78 is 6.64. The molecule has 4 unspecified atom stereocenters. The zero-order valence-electron chi connectivity index (χ0n) is 11.6. The molecule has 4 atom stereocenters. The van der Waals surface area contributed by atoms with E-state index in [4.69, 9.17) is 10.5 Å². The molecular formula is C12H20N4O5. The highest BCUT2D eigenvalue weighted by molar-refractivity contribution is 5.23. The molecule has 2 rings (SSSR count). The molecule has 1 aliphatic rings. The van der Waals surface area contributed by atoms with E-state index in [0.29, 0.717) is 6.54 Å². The number of anilines is 1. The topological polar surface area (TPSA) is 143 Å². The molecule has 6 N–H and O–H groups in total. The van der Waals surface area contributed by atoms with Gasteiger partial charge in [-0.3, -0.25) is 4.57 Å². The summed E-state index contributed by atoms with van der Waals surface area (Å²) in [6, 6.07) is 1.38. The van der Waals surface area contributed by atoms with Gasteiger partial charge in [-0.1, -0.05) is 6.92 Å². The Morgan fingerprint density at radius 2 is 2.29 bits per heavy atom. The number of nitrogen functional groups attached to an aromatic ring is 1. The van der Waals surface area contributed by atoms with Crippen LogP contribution in [0.2, 0.25) is 0 Å². The van der Waals surface area contributed by atoms with E-state index in [0.717, 1.165) is 4.57 Å². The second kappa shape index (κ2) is 6.08. The quantitative estimate of drug-likeness (QED) is 0.399. The molecule has 1 saturated heterocycles. The van der Waals surface area contributed by atoms with E-state index in [1.54, 1.807) is 0 Å². The van der Waals surface area contributed by atoms with Gasteiger partial charge in [0.15, 0.2) is 6.23 Å². The lowest BCUT2D eigenvalue weighted by Crippen LogP contribution is -2.53. The number of hydrogen-bond acceptors (Lipinski definition) is 8. The Balaban J connectivity index is 2.32. The van der Waals surface area contributed by atoms with Gasteiger partial charge in [-0.05, 0) is 12.6 Å². The minimum absolute atomic E-state index is 0.0466. The number of aliphatic hydroxyl groups is 3. The molecule has 1 aliphatic heterocycles. The first-order valence-corrected chi connectivity index (χ1v) is 6.65. The van der Waals surface area contributed by atoms with Gasteiger partial charge in [-0.15, -0.1) is 0 Å². The van der Waals surface area contributed by atoms with E-state index in [-0.39, 0.29) is 12.4 Å². The Kier molecular flexibility index (Phi) is 4.59. The molecule has 9 nitrogen and oxygen atoms in total. The highest BCUT2D eigenvalue weighted by atomic mass is 16.6. The summed E-state index contributed by atoms with van der Waals surface area (Å²) in [4.78, 5) is 15.4. The van der Waals surface area contributed by atoms with Crippen LogP contribution < -0.4 is 16.7 Å². The first kappa shape index (κ1) is 15.9. The van der Waals surface area contributed by atoms with Crippen molar-refractivity contribution in [1.29, 1.82) is 0 Å². The molecule has 2 heterocycles. The van der Waals surface area contributed by atoms with Gasteiger partial charge < -0.3 is 31.1 Å². The second-order valence-corrected chi connectivity index (χ2v) is 4.99. The van der Waals surface area contributed by atoms with Crippen molar-refractivity contribution < 1.29 is 20.1 Å². The van der Waals surface area contributed by atoms with Crippen molar-refractivity contribution in [2.75, 3.05) is 25.4 Å². The number of rotatable bonds is 5. The lowest BCUT2D eigenvalue weighted by molar-refractivity contribution is -0.126. The van der Waals surface area contributed by atoms with Crippen LogP contribution in [0.4, 0.5) is 5.82 Å². The molecule has 0 aromatic carbocycles. The molecule has 1 fully saturated rings. The largest absolute Gasteiger partial charge is 0.393 e. The lowest BCUT2D eigenvalue weighted by Gasteiger charge is -2.30. The standard InChI is InChI=1S/C12H20N4O5/c1-2-14-5-12(6-17)9(19)8(18)10(21-12)16-4-3-7(13)15-11(16)20/h3-4,8-10,14,17-19H,2,5-6H2,1H3,(H2,13,15,20). The third-order valence-electron chi connectivity index (χ3n) is 3.58. The maximum Gasteiger partial charge on any atom is 0.351 e. The normalized spacial score (nSPS) is 32.5. The Hall–Kier alpha value is -1.52.